The van der Waals surface area contributed by atoms with Gasteiger partial charge in [-0.25, -0.2) is 4.79 Å². The van der Waals surface area contributed by atoms with Gasteiger partial charge in [-0.3, -0.25) is 4.79 Å². The molecule has 18 heavy (non-hydrogen) atoms. The smallest absolute Gasteiger partial charge is 0.318 e. The Bertz CT molecular complexity index is 297. The summed E-state index contributed by atoms with van der Waals surface area (Å²) in [4.78, 5) is 22.1. The zero-order valence-corrected chi connectivity index (χ0v) is 10.9. The predicted molar refractivity (Wildman–Crippen MR) is 68.9 cm³/mol. The summed E-state index contributed by atoms with van der Waals surface area (Å²) in [5.74, 6) is 0.266. The lowest BCUT2D eigenvalue weighted by Crippen LogP contribution is -2.33. The quantitative estimate of drug-likeness (QED) is 0.737. The molecule has 0 aliphatic heterocycles. The molecule has 1 fully saturated rings. The molecule has 0 aromatic rings. The molecular formula is C13H22N2O3. The molecule has 2 amide bonds. The number of hydrogen-bond donors (Lipinski definition) is 2. The van der Waals surface area contributed by atoms with Gasteiger partial charge in [-0.1, -0.05) is 25.3 Å². The molecule has 1 aliphatic carbocycles. The van der Waals surface area contributed by atoms with Gasteiger partial charge in [0, 0.05) is 12.7 Å². The maximum Gasteiger partial charge on any atom is 0.318 e. The minimum Gasteiger partial charge on any atom is -0.469 e. The standard InChI is InChI=1S/C13H22N2O3/c1-18-12(16)8-10-15-13(17)14-9-7-11-5-3-2-4-6-11/h7,9,11H,2-6,8,10H2,1H3,(H2,14,15,17)/b9-7+. The normalized spacial score (nSPS) is 16.5. The van der Waals surface area contributed by atoms with E-state index in [0.717, 1.165) is 0 Å². The summed E-state index contributed by atoms with van der Waals surface area (Å²) in [6.45, 7) is 0.287. The van der Waals surface area contributed by atoms with E-state index in [2.05, 4.69) is 21.4 Å². The van der Waals surface area contributed by atoms with Gasteiger partial charge in [0.2, 0.25) is 0 Å². The third-order valence-electron chi connectivity index (χ3n) is 3.08. The van der Waals surface area contributed by atoms with Crippen LogP contribution in [0.3, 0.4) is 0 Å². The summed E-state index contributed by atoms with van der Waals surface area (Å²) < 4.78 is 4.47. The van der Waals surface area contributed by atoms with E-state index in [9.17, 15) is 9.59 Å². The van der Waals surface area contributed by atoms with Crippen molar-refractivity contribution in [3.05, 3.63) is 12.3 Å². The van der Waals surface area contributed by atoms with Crippen LogP contribution in [0.1, 0.15) is 38.5 Å². The van der Waals surface area contributed by atoms with Crippen molar-refractivity contribution in [2.45, 2.75) is 38.5 Å². The van der Waals surface area contributed by atoms with Crippen LogP contribution in [0.5, 0.6) is 0 Å². The van der Waals surface area contributed by atoms with Gasteiger partial charge in [0.15, 0.2) is 0 Å². The zero-order chi connectivity index (χ0) is 13.2. The van der Waals surface area contributed by atoms with Crippen LogP contribution in [-0.4, -0.2) is 25.7 Å². The summed E-state index contributed by atoms with van der Waals surface area (Å²) in [6, 6.07) is -0.286. The fraction of sp³-hybridized carbons (Fsp3) is 0.692. The molecule has 0 saturated heterocycles. The van der Waals surface area contributed by atoms with Crippen molar-refractivity contribution in [3.63, 3.8) is 0 Å². The number of rotatable bonds is 5. The first-order chi connectivity index (χ1) is 8.72. The van der Waals surface area contributed by atoms with Crippen LogP contribution in [-0.2, 0) is 9.53 Å². The largest absolute Gasteiger partial charge is 0.469 e. The molecule has 1 saturated carbocycles. The molecular weight excluding hydrogens is 232 g/mol. The summed E-state index contributed by atoms with van der Waals surface area (Å²) in [7, 11) is 1.33. The van der Waals surface area contributed by atoms with Gasteiger partial charge < -0.3 is 15.4 Å². The number of carbonyl (C=O) groups is 2. The molecule has 1 aliphatic rings. The third kappa shape index (κ3) is 6.27. The molecule has 0 spiro atoms. The fourth-order valence-corrected chi connectivity index (χ4v) is 2.02. The molecule has 0 unspecified atom stereocenters. The molecule has 102 valence electrons. The Hall–Kier alpha value is -1.52. The van der Waals surface area contributed by atoms with Gasteiger partial charge in [0.05, 0.1) is 13.5 Å². The number of nitrogens with one attached hydrogen (secondary N) is 2. The van der Waals surface area contributed by atoms with E-state index < -0.39 is 0 Å². The van der Waals surface area contributed by atoms with Crippen molar-refractivity contribution in [3.8, 4) is 0 Å². The van der Waals surface area contributed by atoms with Crippen LogP contribution < -0.4 is 10.6 Å². The predicted octanol–water partition coefficient (Wildman–Crippen LogP) is 1.94. The third-order valence-corrected chi connectivity index (χ3v) is 3.08. The Kier molecular flexibility index (Phi) is 6.91. The number of ether oxygens (including phenoxy) is 1. The average molecular weight is 254 g/mol. The topological polar surface area (TPSA) is 67.4 Å². The Morgan fingerprint density at radius 2 is 2.00 bits per heavy atom. The SMILES string of the molecule is COC(=O)CCNC(=O)N/C=C/C1CCCCC1. The van der Waals surface area contributed by atoms with E-state index in [1.807, 2.05) is 0 Å². The van der Waals surface area contributed by atoms with E-state index in [4.69, 9.17) is 0 Å². The van der Waals surface area contributed by atoms with Gasteiger partial charge in [-0.2, -0.15) is 0 Å². The highest BCUT2D eigenvalue weighted by Gasteiger charge is 2.09. The Morgan fingerprint density at radius 1 is 1.28 bits per heavy atom. The first-order valence-electron chi connectivity index (χ1n) is 6.50. The number of hydrogen-bond acceptors (Lipinski definition) is 3. The molecule has 2 N–H and O–H groups in total. The van der Waals surface area contributed by atoms with Crippen LogP contribution >= 0.6 is 0 Å². The first-order valence-corrected chi connectivity index (χ1v) is 6.50. The zero-order valence-electron chi connectivity index (χ0n) is 10.9. The maximum atomic E-state index is 11.3. The van der Waals surface area contributed by atoms with Crippen molar-refractivity contribution in [1.82, 2.24) is 10.6 Å². The Morgan fingerprint density at radius 3 is 2.67 bits per heavy atom. The molecule has 0 radical (unpaired) electrons. The second-order valence-corrected chi connectivity index (χ2v) is 4.48. The molecule has 1 rings (SSSR count). The van der Waals surface area contributed by atoms with Crippen LogP contribution in [0.15, 0.2) is 12.3 Å². The second kappa shape index (κ2) is 8.55. The maximum absolute atomic E-state index is 11.3. The van der Waals surface area contributed by atoms with E-state index in [1.165, 1.54) is 39.2 Å². The van der Waals surface area contributed by atoms with Crippen molar-refractivity contribution in [2.24, 2.45) is 5.92 Å². The van der Waals surface area contributed by atoms with Crippen molar-refractivity contribution in [2.75, 3.05) is 13.7 Å². The minimum absolute atomic E-state index is 0.191. The van der Waals surface area contributed by atoms with Crippen LogP contribution in [0.4, 0.5) is 4.79 Å². The van der Waals surface area contributed by atoms with Crippen molar-refractivity contribution < 1.29 is 14.3 Å². The Labute approximate surface area is 108 Å². The fourth-order valence-electron chi connectivity index (χ4n) is 2.02. The highest BCUT2D eigenvalue weighted by molar-refractivity contribution is 5.76. The Balaban J connectivity index is 2.08. The molecule has 0 aromatic heterocycles. The molecule has 0 bridgehead atoms. The van der Waals surface area contributed by atoms with E-state index in [0.29, 0.717) is 5.92 Å². The monoisotopic (exact) mass is 254 g/mol. The number of methoxy groups -OCH3 is 1. The molecule has 5 heteroatoms. The second-order valence-electron chi connectivity index (χ2n) is 4.48. The molecule has 0 aromatic carbocycles. The lowest BCUT2D eigenvalue weighted by Gasteiger charge is -2.17. The average Bonchev–Trinajstić information content (AvgIpc) is 2.39. The van der Waals surface area contributed by atoms with Gasteiger partial charge in [0.1, 0.15) is 0 Å². The van der Waals surface area contributed by atoms with Gasteiger partial charge in [0.25, 0.3) is 0 Å². The van der Waals surface area contributed by atoms with E-state index in [1.54, 1.807) is 6.20 Å². The van der Waals surface area contributed by atoms with Crippen molar-refractivity contribution >= 4 is 12.0 Å². The highest BCUT2D eigenvalue weighted by atomic mass is 16.5. The number of urea groups is 1. The van der Waals surface area contributed by atoms with Crippen LogP contribution in [0.25, 0.3) is 0 Å². The summed E-state index contributed by atoms with van der Waals surface area (Å²) in [5.41, 5.74) is 0. The van der Waals surface area contributed by atoms with E-state index >= 15 is 0 Å². The number of amides is 2. The van der Waals surface area contributed by atoms with Crippen molar-refractivity contribution in [1.29, 1.82) is 0 Å². The minimum atomic E-state index is -0.326. The van der Waals surface area contributed by atoms with E-state index in [-0.39, 0.29) is 25.0 Å². The van der Waals surface area contributed by atoms with Crippen LogP contribution in [0.2, 0.25) is 0 Å². The van der Waals surface area contributed by atoms with Gasteiger partial charge >= 0.3 is 12.0 Å². The summed E-state index contributed by atoms with van der Waals surface area (Å²) >= 11 is 0. The van der Waals surface area contributed by atoms with Crippen LogP contribution in [0, 0.1) is 5.92 Å². The lowest BCUT2D eigenvalue weighted by molar-refractivity contribution is -0.140. The van der Waals surface area contributed by atoms with Gasteiger partial charge in [-0.15, -0.1) is 0 Å². The van der Waals surface area contributed by atoms with Gasteiger partial charge in [-0.05, 0) is 18.8 Å². The molecule has 0 heterocycles. The summed E-state index contributed by atoms with van der Waals surface area (Å²) in [5, 5.41) is 5.22. The highest BCUT2D eigenvalue weighted by Crippen LogP contribution is 2.24. The molecule has 5 nitrogen and oxygen atoms in total. The molecule has 0 atom stereocenters. The number of esters is 1. The lowest BCUT2D eigenvalue weighted by atomic mass is 9.89. The first kappa shape index (κ1) is 14.5. The summed E-state index contributed by atoms with van der Waals surface area (Å²) in [6.07, 6.45) is 10.2. The number of allylic oxidation sites excluding steroid dienone is 1. The number of carbonyl (C=O) groups excluding carboxylic acids is 2.